The molecule has 1 atom stereocenters. The lowest BCUT2D eigenvalue weighted by Gasteiger charge is -2.42. The van der Waals surface area contributed by atoms with Gasteiger partial charge >= 0.3 is 6.01 Å². The number of nitriles is 1. The molecular weight excluding hydrogens is 581 g/mol. The number of piperazine rings is 1. The van der Waals surface area contributed by atoms with Gasteiger partial charge in [0.1, 0.15) is 11.6 Å². The first kappa shape index (κ1) is 23.4. The number of nitrogens with zero attached hydrogens (tertiary/aromatic N) is 7. The third-order valence-electron chi connectivity index (χ3n) is 8.80. The summed E-state index contributed by atoms with van der Waals surface area (Å²) in [6.45, 7) is -0.237. The molecule has 3 aromatic rings. The van der Waals surface area contributed by atoms with E-state index in [4.69, 9.17) is 34.5 Å². The molecule has 2 aromatic carbocycles. The van der Waals surface area contributed by atoms with Gasteiger partial charge in [0.2, 0.25) is 5.91 Å². The molecule has 1 amide bonds. The van der Waals surface area contributed by atoms with Crippen molar-refractivity contribution in [3.8, 4) is 12.1 Å². The fourth-order valence-electron chi connectivity index (χ4n) is 6.29. The molecule has 3 aliphatic rings. The van der Waals surface area contributed by atoms with Gasteiger partial charge in [-0.3, -0.25) is 4.79 Å². The first-order valence-electron chi connectivity index (χ1n) is 17.6. The molecule has 2 fully saturated rings. The Bertz CT molecular complexity index is 1830. The predicted octanol–water partition coefficient (Wildman–Crippen LogP) is 4.82. The van der Waals surface area contributed by atoms with Crippen LogP contribution < -0.4 is 14.5 Å². The van der Waals surface area contributed by atoms with Gasteiger partial charge in [-0.25, -0.2) is 4.39 Å². The second kappa shape index (κ2) is 12.2. The minimum absolute atomic E-state index is 0.00841. The summed E-state index contributed by atoms with van der Waals surface area (Å²) in [6, 6.07) is 10.5. The predicted molar refractivity (Wildman–Crippen MR) is 170 cm³/mol. The van der Waals surface area contributed by atoms with Gasteiger partial charge in [0.25, 0.3) is 0 Å². The number of amides is 1. The van der Waals surface area contributed by atoms with Crippen molar-refractivity contribution in [3.63, 3.8) is 0 Å². The molecule has 6 rings (SSSR count). The van der Waals surface area contributed by atoms with Crippen molar-refractivity contribution in [1.29, 1.82) is 5.26 Å². The summed E-state index contributed by atoms with van der Waals surface area (Å²) in [4.78, 5) is 28.5. The highest BCUT2D eigenvalue weighted by Crippen LogP contribution is 2.46. The quantitative estimate of drug-likeness (QED) is 0.314. The van der Waals surface area contributed by atoms with Crippen molar-refractivity contribution >= 4 is 39.8 Å². The fraction of sp³-hybridized carbons (Fsp3) is 0.455. The number of rotatable bonds is 9. The molecule has 1 aromatic heterocycles. The highest BCUT2D eigenvalue weighted by molar-refractivity contribution is 6.36. The molecule has 0 radical (unpaired) electrons. The van der Waals surface area contributed by atoms with Crippen LogP contribution in [0.25, 0.3) is 10.8 Å². The Balaban J connectivity index is 1.34. The van der Waals surface area contributed by atoms with Crippen LogP contribution in [-0.2, 0) is 17.8 Å². The molecule has 0 spiro atoms. The number of carbonyl (C=O) groups excluding carboxylic acids is 1. The summed E-state index contributed by atoms with van der Waals surface area (Å²) in [5, 5.41) is 11.0. The van der Waals surface area contributed by atoms with E-state index >= 15 is 0 Å². The molecule has 1 aliphatic carbocycles. The largest absolute Gasteiger partial charge is 0.463 e. The Morgan fingerprint density at radius 3 is 2.86 bits per heavy atom. The Morgan fingerprint density at radius 1 is 1.27 bits per heavy atom. The first-order chi connectivity index (χ1) is 23.6. The van der Waals surface area contributed by atoms with Crippen LogP contribution in [0.2, 0.25) is 5.02 Å². The van der Waals surface area contributed by atoms with Gasteiger partial charge in [0, 0.05) is 63.0 Å². The average Bonchev–Trinajstić information content (AvgIpc) is 3.86. The van der Waals surface area contributed by atoms with Crippen LogP contribution in [0.3, 0.4) is 0 Å². The van der Waals surface area contributed by atoms with Crippen LogP contribution in [0.1, 0.15) is 38.7 Å². The van der Waals surface area contributed by atoms with E-state index in [1.165, 1.54) is 12.1 Å². The number of aromatic nitrogens is 2. The third-order valence-corrected chi connectivity index (χ3v) is 9.17. The molecule has 1 unspecified atom stereocenters. The van der Waals surface area contributed by atoms with Gasteiger partial charge in [-0.2, -0.15) is 15.2 Å². The topological polar surface area (TPSA) is 88.8 Å². The lowest BCUT2D eigenvalue weighted by Crippen LogP contribution is -2.55. The van der Waals surface area contributed by atoms with Crippen molar-refractivity contribution in [2.75, 3.05) is 63.1 Å². The van der Waals surface area contributed by atoms with E-state index in [2.05, 4.69) is 17.5 Å². The molecule has 11 heteroatoms. The summed E-state index contributed by atoms with van der Waals surface area (Å²) < 4.78 is 67.6. The zero-order chi connectivity index (χ0) is 36.0. The van der Waals surface area contributed by atoms with Crippen molar-refractivity contribution < 1.29 is 22.1 Å². The lowest BCUT2D eigenvalue weighted by molar-refractivity contribution is -0.128. The Labute approximate surface area is 270 Å². The average molecular weight is 624 g/mol. The lowest BCUT2D eigenvalue weighted by atomic mass is 10.0. The summed E-state index contributed by atoms with van der Waals surface area (Å²) >= 11 is 6.48. The zero-order valence-electron chi connectivity index (χ0n) is 30.2. The molecule has 44 heavy (non-hydrogen) atoms. The van der Waals surface area contributed by atoms with Gasteiger partial charge in [0.15, 0.2) is 0 Å². The van der Waals surface area contributed by atoms with E-state index in [1.807, 2.05) is 23.1 Å². The Morgan fingerprint density at radius 2 is 2.11 bits per heavy atom. The summed E-state index contributed by atoms with van der Waals surface area (Å²) in [6.07, 6.45) is 3.04. The van der Waals surface area contributed by atoms with Crippen LogP contribution in [-0.4, -0.2) is 85.0 Å². The van der Waals surface area contributed by atoms with Crippen molar-refractivity contribution in [3.05, 3.63) is 65.1 Å². The minimum atomic E-state index is -2.82. The van der Waals surface area contributed by atoms with E-state index in [0.717, 1.165) is 16.6 Å². The van der Waals surface area contributed by atoms with Crippen LogP contribution in [0.15, 0.2) is 43.0 Å². The number of halogens is 2. The smallest absolute Gasteiger partial charge is 0.318 e. The van der Waals surface area contributed by atoms with E-state index in [0.29, 0.717) is 73.8 Å². The SMILES string of the molecule is [2H]C([2H])([2H])N(CC1(COc2nc3c(c(N4CCN(C(=O)C=C)C(CC#N)C4)n2)CCN(c2cccc4ccc(F)c(Cl)c24)C3)CC1)C([2H])([2H])[2H]. The maximum Gasteiger partial charge on any atom is 0.318 e. The highest BCUT2D eigenvalue weighted by atomic mass is 35.5. The van der Waals surface area contributed by atoms with E-state index in [-0.39, 0.29) is 36.5 Å². The zero-order valence-corrected chi connectivity index (χ0v) is 25.0. The van der Waals surface area contributed by atoms with Crippen LogP contribution >= 0.6 is 11.6 Å². The summed E-state index contributed by atoms with van der Waals surface area (Å²) in [5.41, 5.74) is 1.59. The standard InChI is InChI=1S/C33H37ClFN7O2/c1-4-28(43)42-17-16-41(18-23(42)10-14-36)31-24-11-15-40(27-7-5-6-22-8-9-25(35)30(34)29(22)27)19-26(24)37-32(38-31)44-21-33(12-13-33)20-39(2)3/h4-9,23H,1,10-13,15-21H2,2-3H3/i2D3,3D3. The number of anilines is 2. The molecule has 2 aliphatic heterocycles. The molecule has 3 heterocycles. The fourth-order valence-corrected chi connectivity index (χ4v) is 6.56. The Kier molecular flexibility index (Phi) is 6.51. The van der Waals surface area contributed by atoms with Gasteiger partial charge < -0.3 is 24.3 Å². The molecule has 0 N–H and O–H groups in total. The summed E-state index contributed by atoms with van der Waals surface area (Å²) in [5.74, 6) is -0.163. The number of hydrogen-bond acceptors (Lipinski definition) is 8. The molecule has 1 saturated heterocycles. The van der Waals surface area contributed by atoms with E-state index in [9.17, 15) is 14.4 Å². The van der Waals surface area contributed by atoms with Crippen LogP contribution in [0, 0.1) is 22.6 Å². The normalized spacial score (nSPS) is 21.7. The highest BCUT2D eigenvalue weighted by Gasteiger charge is 2.44. The van der Waals surface area contributed by atoms with Crippen molar-refractivity contribution in [2.45, 2.75) is 38.3 Å². The van der Waals surface area contributed by atoms with Crippen LogP contribution in [0.5, 0.6) is 6.01 Å². The maximum absolute atomic E-state index is 14.6. The molecule has 0 bridgehead atoms. The van der Waals surface area contributed by atoms with E-state index < -0.39 is 31.2 Å². The minimum Gasteiger partial charge on any atom is -0.463 e. The number of hydrogen-bond donors (Lipinski definition) is 0. The second-order valence-electron chi connectivity index (χ2n) is 11.7. The molecular formula is C33H37ClFN7O2. The number of benzene rings is 2. The number of ether oxygens (including phenoxy) is 1. The first-order valence-corrected chi connectivity index (χ1v) is 15.0. The van der Waals surface area contributed by atoms with Crippen LogP contribution in [0.4, 0.5) is 15.9 Å². The third kappa shape index (κ3) is 5.91. The van der Waals surface area contributed by atoms with Gasteiger partial charge in [-0.05, 0) is 56.8 Å². The van der Waals surface area contributed by atoms with E-state index in [1.54, 1.807) is 11.0 Å². The monoisotopic (exact) mass is 623 g/mol. The van der Waals surface area contributed by atoms with Crippen molar-refractivity contribution in [2.24, 2.45) is 5.41 Å². The molecule has 1 saturated carbocycles. The van der Waals surface area contributed by atoms with Gasteiger partial charge in [-0.1, -0.05) is 36.4 Å². The Hall–Kier alpha value is -3.94. The van der Waals surface area contributed by atoms with Gasteiger partial charge in [0.05, 0.1) is 42.4 Å². The van der Waals surface area contributed by atoms with Crippen molar-refractivity contribution in [1.82, 2.24) is 19.8 Å². The van der Waals surface area contributed by atoms with Gasteiger partial charge in [-0.15, -0.1) is 0 Å². The summed E-state index contributed by atoms with van der Waals surface area (Å²) in [7, 11) is 0. The molecule has 9 nitrogen and oxygen atoms in total. The second-order valence-corrected chi connectivity index (χ2v) is 12.1. The maximum atomic E-state index is 14.6. The number of carbonyl (C=O) groups is 1. The number of fused-ring (bicyclic) bond motifs is 2. The molecule has 230 valence electrons.